The summed E-state index contributed by atoms with van der Waals surface area (Å²) < 4.78 is 12.3. The lowest BCUT2D eigenvalue weighted by atomic mass is 9.83. The fraction of sp³-hybridized carbons (Fsp3) is 0.562. The maximum atomic E-state index is 8.87. The first kappa shape index (κ1) is 23.2. The number of nitrogens with two attached hydrogens (primary N) is 1. The van der Waals surface area contributed by atoms with E-state index in [1.807, 2.05) is 18.2 Å². The molecule has 1 unspecified atom stereocenters. The predicted octanol–water partition coefficient (Wildman–Crippen LogP) is 0.998. The van der Waals surface area contributed by atoms with Gasteiger partial charge in [0.1, 0.15) is 0 Å². The van der Waals surface area contributed by atoms with E-state index in [0.717, 1.165) is 18.4 Å². The van der Waals surface area contributed by atoms with Crippen molar-refractivity contribution in [3.05, 3.63) is 29.6 Å². The lowest BCUT2D eigenvalue weighted by molar-refractivity contribution is 0.354. The van der Waals surface area contributed by atoms with Gasteiger partial charge in [-0.1, -0.05) is 18.9 Å². The lowest BCUT2D eigenvalue weighted by Crippen LogP contribution is -2.19. The van der Waals surface area contributed by atoms with Crippen LogP contribution in [0, 0.1) is 0 Å². The number of tetrazole rings is 1. The van der Waals surface area contributed by atoms with E-state index in [2.05, 4.69) is 15.5 Å². The van der Waals surface area contributed by atoms with Gasteiger partial charge in [0.2, 0.25) is 0 Å². The standard InChI is InChI=1S/C16H26BN5O4.ClH/c1-25-14-7-6-12(11-15(14)26-2)8-10-22-16(19-20-21-22)13(18)5-3-4-9-17(23)24;/h6-7,11,13,23-24H,3-5,8-10,18H2,1-2H3;1H. The molecule has 0 saturated heterocycles. The summed E-state index contributed by atoms with van der Waals surface area (Å²) in [5.74, 6) is 2.01. The van der Waals surface area contributed by atoms with E-state index in [1.165, 1.54) is 0 Å². The van der Waals surface area contributed by atoms with Crippen LogP contribution in [-0.4, -0.2) is 51.6 Å². The molecule has 9 nitrogen and oxygen atoms in total. The SMILES string of the molecule is COc1ccc(CCn2nnnc2C(N)CCCCB(O)O)cc1OC.Cl. The van der Waals surface area contributed by atoms with E-state index >= 15 is 0 Å². The van der Waals surface area contributed by atoms with Crippen molar-refractivity contribution in [2.45, 2.75) is 44.6 Å². The maximum absolute atomic E-state index is 8.87. The molecular weight excluding hydrogens is 372 g/mol. The lowest BCUT2D eigenvalue weighted by Gasteiger charge is -2.12. The van der Waals surface area contributed by atoms with Crippen molar-refractivity contribution in [2.75, 3.05) is 14.2 Å². The molecule has 27 heavy (non-hydrogen) atoms. The van der Waals surface area contributed by atoms with Crippen LogP contribution in [0.1, 0.15) is 36.7 Å². The van der Waals surface area contributed by atoms with E-state index in [0.29, 0.717) is 43.0 Å². The van der Waals surface area contributed by atoms with Crippen molar-refractivity contribution in [3.63, 3.8) is 0 Å². The van der Waals surface area contributed by atoms with Gasteiger partial charge in [0.15, 0.2) is 17.3 Å². The molecular formula is C16H27BClN5O4. The summed E-state index contributed by atoms with van der Waals surface area (Å²) in [6, 6.07) is 5.50. The average molecular weight is 400 g/mol. The molecule has 2 rings (SSSR count). The molecule has 0 radical (unpaired) electrons. The number of halogens is 1. The minimum Gasteiger partial charge on any atom is -0.493 e. The van der Waals surface area contributed by atoms with Crippen LogP contribution in [0.25, 0.3) is 0 Å². The number of rotatable bonds is 11. The van der Waals surface area contributed by atoms with Crippen LogP contribution in [-0.2, 0) is 13.0 Å². The number of ether oxygens (including phenoxy) is 2. The second kappa shape index (κ2) is 11.8. The Morgan fingerprint density at radius 1 is 1.19 bits per heavy atom. The Kier molecular flexibility index (Phi) is 10.1. The fourth-order valence-corrected chi connectivity index (χ4v) is 2.73. The Morgan fingerprint density at radius 2 is 1.93 bits per heavy atom. The molecule has 1 heterocycles. The first-order valence-corrected chi connectivity index (χ1v) is 8.63. The molecule has 11 heteroatoms. The van der Waals surface area contributed by atoms with Gasteiger partial charge in [-0.3, -0.25) is 0 Å². The third kappa shape index (κ3) is 6.98. The smallest absolute Gasteiger partial charge is 0.451 e. The Labute approximate surface area is 165 Å². The highest BCUT2D eigenvalue weighted by atomic mass is 35.5. The van der Waals surface area contributed by atoms with Crippen LogP contribution in [0.15, 0.2) is 18.2 Å². The number of aryl methyl sites for hydroxylation is 2. The van der Waals surface area contributed by atoms with Gasteiger partial charge in [0.05, 0.1) is 20.3 Å². The third-order valence-electron chi connectivity index (χ3n) is 4.18. The van der Waals surface area contributed by atoms with Crippen LogP contribution in [0.4, 0.5) is 0 Å². The van der Waals surface area contributed by atoms with Gasteiger partial charge in [-0.25, -0.2) is 4.68 Å². The van der Waals surface area contributed by atoms with Gasteiger partial charge in [0, 0.05) is 6.54 Å². The highest BCUT2D eigenvalue weighted by Gasteiger charge is 2.16. The number of hydrogen-bond donors (Lipinski definition) is 3. The molecule has 1 atom stereocenters. The van der Waals surface area contributed by atoms with Crippen LogP contribution in [0.2, 0.25) is 6.32 Å². The second-order valence-corrected chi connectivity index (χ2v) is 6.07. The molecule has 0 aliphatic heterocycles. The molecule has 0 aliphatic rings. The number of methoxy groups -OCH3 is 2. The van der Waals surface area contributed by atoms with Crippen LogP contribution in [0.5, 0.6) is 11.5 Å². The van der Waals surface area contributed by atoms with Crippen molar-refractivity contribution < 1.29 is 19.5 Å². The number of nitrogens with zero attached hydrogens (tertiary/aromatic N) is 4. The van der Waals surface area contributed by atoms with Gasteiger partial charge in [-0.05, 0) is 47.3 Å². The molecule has 0 fully saturated rings. The summed E-state index contributed by atoms with van der Waals surface area (Å²) in [7, 11) is 1.95. The topological polar surface area (TPSA) is 129 Å². The molecule has 0 saturated carbocycles. The van der Waals surface area contributed by atoms with Crippen molar-refractivity contribution in [3.8, 4) is 11.5 Å². The fourth-order valence-electron chi connectivity index (χ4n) is 2.73. The summed E-state index contributed by atoms with van der Waals surface area (Å²) in [5, 5.41) is 29.5. The molecule has 4 N–H and O–H groups in total. The van der Waals surface area contributed by atoms with Gasteiger partial charge >= 0.3 is 7.12 Å². The number of aromatic nitrogens is 4. The molecule has 0 spiro atoms. The van der Waals surface area contributed by atoms with Crippen LogP contribution in [0.3, 0.4) is 0 Å². The normalized spacial score (nSPS) is 11.6. The average Bonchev–Trinajstić information content (AvgIpc) is 3.11. The maximum Gasteiger partial charge on any atom is 0.451 e. The summed E-state index contributed by atoms with van der Waals surface area (Å²) >= 11 is 0. The Balaban J connectivity index is 0.00000364. The summed E-state index contributed by atoms with van der Waals surface area (Å²) in [6.07, 6.45) is 3.22. The van der Waals surface area contributed by atoms with Crippen molar-refractivity contribution >= 4 is 19.5 Å². The Bertz CT molecular complexity index is 689. The minimum atomic E-state index is -1.27. The van der Waals surface area contributed by atoms with E-state index in [4.69, 9.17) is 25.3 Å². The van der Waals surface area contributed by atoms with E-state index in [1.54, 1.807) is 18.9 Å². The zero-order valence-electron chi connectivity index (χ0n) is 15.6. The third-order valence-corrected chi connectivity index (χ3v) is 4.18. The van der Waals surface area contributed by atoms with Gasteiger partial charge in [-0.15, -0.1) is 17.5 Å². The van der Waals surface area contributed by atoms with Crippen molar-refractivity contribution in [1.29, 1.82) is 0 Å². The van der Waals surface area contributed by atoms with Crippen LogP contribution < -0.4 is 15.2 Å². The number of benzene rings is 1. The first-order chi connectivity index (χ1) is 12.5. The molecule has 1 aromatic carbocycles. The number of hydrogen-bond acceptors (Lipinski definition) is 8. The highest BCUT2D eigenvalue weighted by Crippen LogP contribution is 2.27. The van der Waals surface area contributed by atoms with Crippen molar-refractivity contribution in [1.82, 2.24) is 20.2 Å². The Hall–Kier alpha value is -1.88. The summed E-state index contributed by atoms with van der Waals surface area (Å²) in [5.41, 5.74) is 7.26. The largest absolute Gasteiger partial charge is 0.493 e. The molecule has 2 aromatic rings. The molecule has 150 valence electrons. The quantitative estimate of drug-likeness (QED) is 0.377. The van der Waals surface area contributed by atoms with Gasteiger partial charge in [0.25, 0.3) is 0 Å². The van der Waals surface area contributed by atoms with Gasteiger partial charge in [-0.2, -0.15) is 0 Å². The van der Waals surface area contributed by atoms with E-state index in [-0.39, 0.29) is 18.4 Å². The zero-order chi connectivity index (χ0) is 18.9. The minimum absolute atomic E-state index is 0. The summed E-state index contributed by atoms with van der Waals surface area (Å²) in [4.78, 5) is 0. The highest BCUT2D eigenvalue weighted by molar-refractivity contribution is 6.40. The molecule has 0 aliphatic carbocycles. The Morgan fingerprint density at radius 3 is 2.59 bits per heavy atom. The predicted molar refractivity (Wildman–Crippen MR) is 104 cm³/mol. The number of unbranched alkanes of at least 4 members (excludes halogenated alkanes) is 1. The molecule has 1 aromatic heterocycles. The first-order valence-electron chi connectivity index (χ1n) is 8.63. The molecule has 0 bridgehead atoms. The zero-order valence-corrected chi connectivity index (χ0v) is 16.4. The van der Waals surface area contributed by atoms with Gasteiger partial charge < -0.3 is 25.3 Å². The van der Waals surface area contributed by atoms with Crippen molar-refractivity contribution in [2.24, 2.45) is 5.73 Å². The van der Waals surface area contributed by atoms with E-state index in [9.17, 15) is 0 Å². The summed E-state index contributed by atoms with van der Waals surface area (Å²) in [6.45, 7) is 0.598. The van der Waals surface area contributed by atoms with Crippen LogP contribution >= 0.6 is 12.4 Å². The monoisotopic (exact) mass is 399 g/mol. The second-order valence-electron chi connectivity index (χ2n) is 6.07. The van der Waals surface area contributed by atoms with E-state index < -0.39 is 7.12 Å². The molecule has 0 amide bonds.